The fourth-order valence-electron chi connectivity index (χ4n) is 2.77. The number of nitrogens with zero attached hydrogens (tertiary/aromatic N) is 2. The molecule has 0 spiro atoms. The highest BCUT2D eigenvalue weighted by molar-refractivity contribution is 8.02. The number of thioether (sulfide) groups is 1. The van der Waals surface area contributed by atoms with E-state index in [1.807, 2.05) is 32.0 Å². The number of alkyl carbamates (subject to hydrolysis) is 1. The van der Waals surface area contributed by atoms with Gasteiger partial charge in [0.15, 0.2) is 0 Å². The van der Waals surface area contributed by atoms with Gasteiger partial charge in [-0.25, -0.2) is 4.79 Å². The third-order valence-corrected chi connectivity index (χ3v) is 4.88. The Morgan fingerprint density at radius 1 is 1.23 bits per heavy atom. The summed E-state index contributed by atoms with van der Waals surface area (Å²) in [7, 11) is 0. The van der Waals surface area contributed by atoms with Gasteiger partial charge in [0, 0.05) is 17.4 Å². The van der Waals surface area contributed by atoms with Crippen LogP contribution < -0.4 is 11.1 Å². The maximum absolute atomic E-state index is 13.1. The van der Waals surface area contributed by atoms with Crippen LogP contribution in [0.25, 0.3) is 0 Å². The van der Waals surface area contributed by atoms with Crippen molar-refractivity contribution in [1.82, 2.24) is 10.2 Å². The van der Waals surface area contributed by atoms with E-state index in [0.29, 0.717) is 5.75 Å². The van der Waals surface area contributed by atoms with Gasteiger partial charge in [-0.15, -0.1) is 11.8 Å². The highest BCUT2D eigenvalue weighted by Gasteiger charge is 2.33. The summed E-state index contributed by atoms with van der Waals surface area (Å²) in [5, 5.41) is 4.03. The zero-order valence-corrected chi connectivity index (χ0v) is 18.3. The smallest absolute Gasteiger partial charge is 0.408 e. The third kappa shape index (κ3) is 7.89. The van der Waals surface area contributed by atoms with Gasteiger partial charge in [-0.1, -0.05) is 44.2 Å². The largest absolute Gasteiger partial charge is 0.445 e. The molecule has 3 N–H and O–H groups in total. The second-order valence-electron chi connectivity index (χ2n) is 7.23. The van der Waals surface area contributed by atoms with E-state index in [1.165, 1.54) is 23.4 Å². The zero-order chi connectivity index (χ0) is 22.8. The van der Waals surface area contributed by atoms with Crippen LogP contribution in [0.1, 0.15) is 25.8 Å². The molecule has 31 heavy (non-hydrogen) atoms. The number of carbonyl (C=O) groups is 4. The molecule has 166 valence electrons. The Hall–Kier alpha value is -3.14. The molecule has 0 aromatic heterocycles. The van der Waals surface area contributed by atoms with E-state index in [9.17, 15) is 19.2 Å². The van der Waals surface area contributed by atoms with Gasteiger partial charge in [-0.2, -0.15) is 0 Å². The number of primary amides is 1. The highest BCUT2D eigenvalue weighted by Crippen LogP contribution is 2.17. The molecule has 9 nitrogen and oxygen atoms in total. The van der Waals surface area contributed by atoms with E-state index in [2.05, 4.69) is 10.3 Å². The van der Waals surface area contributed by atoms with Crippen molar-refractivity contribution in [3.8, 4) is 0 Å². The number of ether oxygens (including phenoxy) is 1. The summed E-state index contributed by atoms with van der Waals surface area (Å²) >= 11 is 1.34. The molecule has 0 bridgehead atoms. The van der Waals surface area contributed by atoms with Crippen molar-refractivity contribution in [2.24, 2.45) is 16.6 Å². The van der Waals surface area contributed by atoms with Crippen LogP contribution >= 0.6 is 11.8 Å². The number of imide groups is 1. The molecule has 0 unspecified atom stereocenters. The molecule has 1 atom stereocenters. The Morgan fingerprint density at radius 3 is 2.52 bits per heavy atom. The summed E-state index contributed by atoms with van der Waals surface area (Å²) in [5.41, 5.74) is 6.07. The zero-order valence-electron chi connectivity index (χ0n) is 17.4. The molecule has 1 aliphatic heterocycles. The minimum atomic E-state index is -1.08. The van der Waals surface area contributed by atoms with E-state index < -0.39 is 36.4 Å². The summed E-state index contributed by atoms with van der Waals surface area (Å²) in [6, 6.07) is 8.00. The van der Waals surface area contributed by atoms with Crippen LogP contribution in [0.2, 0.25) is 0 Å². The first kappa shape index (κ1) is 24.1. The van der Waals surface area contributed by atoms with Crippen molar-refractivity contribution in [3.05, 3.63) is 47.0 Å². The molecule has 0 saturated carbocycles. The van der Waals surface area contributed by atoms with E-state index in [0.717, 1.165) is 10.5 Å². The highest BCUT2D eigenvalue weighted by atomic mass is 32.2. The lowest BCUT2D eigenvalue weighted by molar-refractivity contribution is -0.147. The van der Waals surface area contributed by atoms with Crippen molar-refractivity contribution in [2.45, 2.75) is 32.9 Å². The number of nitrogens with one attached hydrogen (secondary N) is 1. The number of hydrogen-bond donors (Lipinski definition) is 2. The van der Waals surface area contributed by atoms with Crippen molar-refractivity contribution in [2.75, 3.05) is 12.3 Å². The topological polar surface area (TPSA) is 131 Å². The molecule has 10 heteroatoms. The number of benzene rings is 1. The molecule has 0 radical (unpaired) electrons. The predicted molar refractivity (Wildman–Crippen MR) is 118 cm³/mol. The summed E-state index contributed by atoms with van der Waals surface area (Å²) < 4.78 is 5.19. The Balaban J connectivity index is 2.14. The van der Waals surface area contributed by atoms with Crippen LogP contribution in [0.3, 0.4) is 0 Å². The molecular formula is C21H26N4O5S. The van der Waals surface area contributed by atoms with Crippen LogP contribution in [0.15, 0.2) is 46.4 Å². The quantitative estimate of drug-likeness (QED) is 0.595. The number of rotatable bonds is 9. The second kappa shape index (κ2) is 11.9. The third-order valence-electron chi connectivity index (χ3n) is 4.15. The minimum Gasteiger partial charge on any atom is -0.445 e. The summed E-state index contributed by atoms with van der Waals surface area (Å²) in [6.07, 6.45) is 0.967. The molecular weight excluding hydrogens is 420 g/mol. The van der Waals surface area contributed by atoms with Crippen molar-refractivity contribution in [3.63, 3.8) is 0 Å². The van der Waals surface area contributed by atoms with Crippen LogP contribution in [-0.2, 0) is 25.7 Å². The lowest BCUT2D eigenvalue weighted by Gasteiger charge is -2.26. The molecule has 4 amide bonds. The maximum atomic E-state index is 13.1. The van der Waals surface area contributed by atoms with Crippen molar-refractivity contribution >= 4 is 41.8 Å². The number of hydrogen-bond acceptors (Lipinski definition) is 7. The summed E-state index contributed by atoms with van der Waals surface area (Å²) in [4.78, 5) is 54.5. The average Bonchev–Trinajstić information content (AvgIpc) is 2.75. The fourth-order valence-corrected chi connectivity index (χ4v) is 3.35. The van der Waals surface area contributed by atoms with Crippen LogP contribution in [-0.4, -0.2) is 53.3 Å². The lowest BCUT2D eigenvalue weighted by Crippen LogP contribution is -2.53. The van der Waals surface area contributed by atoms with E-state index in [1.54, 1.807) is 12.1 Å². The second-order valence-corrected chi connectivity index (χ2v) is 8.13. The first-order valence-corrected chi connectivity index (χ1v) is 10.8. The summed E-state index contributed by atoms with van der Waals surface area (Å²) in [6.45, 7) is 3.13. The van der Waals surface area contributed by atoms with Crippen molar-refractivity contribution in [1.29, 1.82) is 0 Å². The van der Waals surface area contributed by atoms with Crippen molar-refractivity contribution < 1.29 is 23.9 Å². The molecule has 0 saturated heterocycles. The first-order chi connectivity index (χ1) is 14.8. The van der Waals surface area contributed by atoms with Gasteiger partial charge >= 0.3 is 6.09 Å². The van der Waals surface area contributed by atoms with Gasteiger partial charge in [0.2, 0.25) is 5.91 Å². The van der Waals surface area contributed by atoms with Crippen LogP contribution in [0.5, 0.6) is 0 Å². The first-order valence-electron chi connectivity index (χ1n) is 9.73. The Labute approximate surface area is 185 Å². The average molecular weight is 447 g/mol. The molecule has 0 fully saturated rings. The Bertz CT molecular complexity index is 870. The van der Waals surface area contributed by atoms with Crippen LogP contribution in [0.4, 0.5) is 4.79 Å². The number of amides is 4. The van der Waals surface area contributed by atoms with Gasteiger partial charge in [-0.05, 0) is 17.9 Å². The Morgan fingerprint density at radius 2 is 1.94 bits per heavy atom. The predicted octanol–water partition coefficient (Wildman–Crippen LogP) is 1.83. The normalized spacial score (nSPS) is 13.8. The number of nitrogens with two attached hydrogens (primary N) is 1. The molecule has 1 aromatic carbocycles. The molecule has 1 aromatic rings. The monoisotopic (exact) mass is 446 g/mol. The van der Waals surface area contributed by atoms with Gasteiger partial charge in [-0.3, -0.25) is 24.3 Å². The molecule has 0 aliphatic carbocycles. The summed E-state index contributed by atoms with van der Waals surface area (Å²) in [5.74, 6) is -1.74. The van der Waals surface area contributed by atoms with Gasteiger partial charge in [0.1, 0.15) is 24.9 Å². The lowest BCUT2D eigenvalue weighted by atomic mass is 10.0. The van der Waals surface area contributed by atoms with Gasteiger partial charge in [0.25, 0.3) is 11.8 Å². The number of carbonyl (C=O) groups excluding carboxylic acids is 4. The SMILES string of the molecule is CC(C)C[C@H](NC(=O)OCc1ccccc1)C(=O)N(CC(N)=O)C(=O)C1=CSCC=N1. The molecule has 1 heterocycles. The maximum Gasteiger partial charge on any atom is 0.408 e. The van der Waals surface area contributed by atoms with E-state index >= 15 is 0 Å². The number of aliphatic imine (C=N–C) groups is 1. The van der Waals surface area contributed by atoms with E-state index in [4.69, 9.17) is 10.5 Å². The minimum absolute atomic E-state index is 0.0105. The van der Waals surface area contributed by atoms with E-state index in [-0.39, 0.29) is 24.6 Å². The fraction of sp³-hybridized carbons (Fsp3) is 0.381. The standard InChI is InChI=1S/C21H26N4O5S/c1-14(2)10-16(24-21(29)30-12-15-6-4-3-5-7-15)19(27)25(11-18(22)26)20(28)17-13-31-9-8-23-17/h3-8,13-14,16H,9-12H2,1-2H3,(H2,22,26)(H,24,29)/t16-/m0/s1. The van der Waals surface area contributed by atoms with Gasteiger partial charge < -0.3 is 15.8 Å². The molecule has 2 rings (SSSR count). The van der Waals surface area contributed by atoms with Gasteiger partial charge in [0.05, 0.1) is 0 Å². The van der Waals surface area contributed by atoms with Crippen LogP contribution in [0, 0.1) is 5.92 Å². The molecule has 1 aliphatic rings. The Kier molecular flexibility index (Phi) is 9.26.